The molecule has 2 aromatic heterocycles. The van der Waals surface area contributed by atoms with E-state index in [1.807, 2.05) is 42.5 Å². The van der Waals surface area contributed by atoms with E-state index in [2.05, 4.69) is 43.3 Å². The van der Waals surface area contributed by atoms with Crippen molar-refractivity contribution in [1.82, 2.24) is 0 Å². The fraction of sp³-hybridized carbons (Fsp3) is 0.0909. The quantitative estimate of drug-likeness (QED) is 0.460. The van der Waals surface area contributed by atoms with Gasteiger partial charge in [0.2, 0.25) is 0 Å². The molecular weight excluding hydrogens is 296 g/mol. The van der Waals surface area contributed by atoms with Gasteiger partial charge in [-0.3, -0.25) is 0 Å². The Hall–Kier alpha value is -3.00. The fourth-order valence-electron chi connectivity index (χ4n) is 2.95. The maximum Gasteiger partial charge on any atom is 0.134 e. The molecule has 0 bridgehead atoms. The van der Waals surface area contributed by atoms with Crippen molar-refractivity contribution in [3.8, 4) is 11.3 Å². The second-order valence-electron chi connectivity index (χ2n) is 5.93. The van der Waals surface area contributed by atoms with Gasteiger partial charge in [0.25, 0.3) is 0 Å². The van der Waals surface area contributed by atoms with Crippen LogP contribution in [0.15, 0.2) is 94.0 Å². The monoisotopic (exact) mass is 314 g/mol. The average Bonchev–Trinajstić information content (AvgIpc) is 3.30. The van der Waals surface area contributed by atoms with Crippen molar-refractivity contribution >= 4 is 0 Å². The van der Waals surface area contributed by atoms with Gasteiger partial charge in [0.1, 0.15) is 23.2 Å². The highest BCUT2D eigenvalue weighted by molar-refractivity contribution is 5.57. The molecule has 2 nitrogen and oxygen atoms in total. The van der Waals surface area contributed by atoms with Gasteiger partial charge in [0, 0.05) is 5.56 Å². The van der Waals surface area contributed by atoms with Crippen LogP contribution < -0.4 is 0 Å². The van der Waals surface area contributed by atoms with Gasteiger partial charge in [-0.15, -0.1) is 0 Å². The summed E-state index contributed by atoms with van der Waals surface area (Å²) in [6, 6.07) is 26.6. The maximum absolute atomic E-state index is 6.18. The molecule has 0 saturated heterocycles. The van der Waals surface area contributed by atoms with E-state index in [9.17, 15) is 0 Å². The number of rotatable bonds is 4. The largest absolute Gasteiger partial charge is 0.468 e. The summed E-state index contributed by atoms with van der Waals surface area (Å²) in [6.45, 7) is 2.09. The van der Waals surface area contributed by atoms with Gasteiger partial charge in [0.05, 0.1) is 6.26 Å². The van der Waals surface area contributed by atoms with Crippen LogP contribution in [-0.2, 0) is 0 Å². The van der Waals surface area contributed by atoms with Gasteiger partial charge in [-0.2, -0.15) is 0 Å². The van der Waals surface area contributed by atoms with Crippen LogP contribution in [0.3, 0.4) is 0 Å². The van der Waals surface area contributed by atoms with E-state index < -0.39 is 0 Å². The SMILES string of the molecule is Cc1ccc(C(c2ccco2)c2ccc(-c3ccccc3)o2)cc1. The summed E-state index contributed by atoms with van der Waals surface area (Å²) < 4.78 is 11.9. The van der Waals surface area contributed by atoms with E-state index >= 15 is 0 Å². The predicted octanol–water partition coefficient (Wildman–Crippen LogP) is 6.03. The summed E-state index contributed by atoms with van der Waals surface area (Å²) in [4.78, 5) is 0. The molecule has 118 valence electrons. The van der Waals surface area contributed by atoms with E-state index in [0.717, 1.165) is 28.4 Å². The lowest BCUT2D eigenvalue weighted by molar-refractivity contribution is 0.455. The third-order valence-electron chi connectivity index (χ3n) is 4.21. The minimum atomic E-state index is -0.0435. The number of benzene rings is 2. The molecule has 0 radical (unpaired) electrons. The van der Waals surface area contributed by atoms with Crippen molar-refractivity contribution in [2.24, 2.45) is 0 Å². The zero-order valence-corrected chi connectivity index (χ0v) is 13.5. The summed E-state index contributed by atoms with van der Waals surface area (Å²) in [5.41, 5.74) is 3.47. The summed E-state index contributed by atoms with van der Waals surface area (Å²) in [5.74, 6) is 2.59. The predicted molar refractivity (Wildman–Crippen MR) is 95.0 cm³/mol. The third-order valence-corrected chi connectivity index (χ3v) is 4.21. The standard InChI is InChI=1S/C22H18O2/c1-16-9-11-18(12-10-16)22(20-8-5-15-23-20)21-14-13-19(24-21)17-6-3-2-4-7-17/h2-15,22H,1H3. The fourth-order valence-corrected chi connectivity index (χ4v) is 2.95. The first-order chi connectivity index (χ1) is 11.8. The second kappa shape index (κ2) is 6.25. The molecule has 4 rings (SSSR count). The first-order valence-corrected chi connectivity index (χ1v) is 8.06. The van der Waals surface area contributed by atoms with Crippen molar-refractivity contribution in [2.75, 3.05) is 0 Å². The molecule has 2 heteroatoms. The van der Waals surface area contributed by atoms with Crippen molar-refractivity contribution in [2.45, 2.75) is 12.8 Å². The molecular formula is C22H18O2. The van der Waals surface area contributed by atoms with Gasteiger partial charge in [-0.05, 0) is 36.8 Å². The molecule has 0 aliphatic heterocycles. The normalized spacial score (nSPS) is 12.2. The molecule has 0 saturated carbocycles. The first-order valence-electron chi connectivity index (χ1n) is 8.06. The highest BCUT2D eigenvalue weighted by Crippen LogP contribution is 2.35. The molecule has 0 amide bonds. The van der Waals surface area contributed by atoms with Crippen LogP contribution in [0.1, 0.15) is 28.6 Å². The summed E-state index contributed by atoms with van der Waals surface area (Å²) in [6.07, 6.45) is 1.71. The number of hydrogen-bond donors (Lipinski definition) is 0. The number of hydrogen-bond acceptors (Lipinski definition) is 2. The summed E-state index contributed by atoms with van der Waals surface area (Å²) in [7, 11) is 0. The summed E-state index contributed by atoms with van der Waals surface area (Å²) in [5, 5.41) is 0. The van der Waals surface area contributed by atoms with Crippen LogP contribution >= 0.6 is 0 Å². The maximum atomic E-state index is 6.18. The zero-order chi connectivity index (χ0) is 16.4. The van der Waals surface area contributed by atoms with Crippen LogP contribution in [0.4, 0.5) is 0 Å². The molecule has 0 aliphatic carbocycles. The van der Waals surface area contributed by atoms with Crippen LogP contribution in [0.2, 0.25) is 0 Å². The average molecular weight is 314 g/mol. The summed E-state index contributed by atoms with van der Waals surface area (Å²) >= 11 is 0. The van der Waals surface area contributed by atoms with E-state index in [-0.39, 0.29) is 5.92 Å². The highest BCUT2D eigenvalue weighted by Gasteiger charge is 2.23. The Bertz CT molecular complexity index is 900. The molecule has 1 atom stereocenters. The van der Waals surface area contributed by atoms with Crippen LogP contribution in [0, 0.1) is 6.92 Å². The van der Waals surface area contributed by atoms with Gasteiger partial charge in [0.15, 0.2) is 0 Å². The molecule has 0 N–H and O–H groups in total. The minimum Gasteiger partial charge on any atom is -0.468 e. The smallest absolute Gasteiger partial charge is 0.134 e. The topological polar surface area (TPSA) is 26.3 Å². The second-order valence-corrected chi connectivity index (χ2v) is 5.93. The Morgan fingerprint density at radius 3 is 2.21 bits per heavy atom. The highest BCUT2D eigenvalue weighted by atomic mass is 16.4. The van der Waals surface area contributed by atoms with E-state index in [1.54, 1.807) is 6.26 Å². The Balaban J connectivity index is 1.77. The van der Waals surface area contributed by atoms with E-state index in [4.69, 9.17) is 8.83 Å². The van der Waals surface area contributed by atoms with Gasteiger partial charge in [-0.25, -0.2) is 0 Å². The van der Waals surface area contributed by atoms with Crippen molar-refractivity contribution in [3.63, 3.8) is 0 Å². The molecule has 0 fully saturated rings. The zero-order valence-electron chi connectivity index (χ0n) is 13.5. The molecule has 24 heavy (non-hydrogen) atoms. The van der Waals surface area contributed by atoms with E-state index in [0.29, 0.717) is 0 Å². The number of aryl methyl sites for hydroxylation is 1. The Kier molecular flexibility index (Phi) is 3.80. The molecule has 1 unspecified atom stereocenters. The van der Waals surface area contributed by atoms with E-state index in [1.165, 1.54) is 5.56 Å². The third kappa shape index (κ3) is 2.79. The lowest BCUT2D eigenvalue weighted by atomic mass is 9.93. The van der Waals surface area contributed by atoms with Crippen LogP contribution in [0.5, 0.6) is 0 Å². The van der Waals surface area contributed by atoms with Gasteiger partial charge in [-0.1, -0.05) is 60.2 Å². The van der Waals surface area contributed by atoms with Crippen molar-refractivity contribution in [3.05, 3.63) is 108 Å². The lowest BCUT2D eigenvalue weighted by Gasteiger charge is -2.13. The van der Waals surface area contributed by atoms with Crippen LogP contribution in [-0.4, -0.2) is 0 Å². The first kappa shape index (κ1) is 14.6. The van der Waals surface area contributed by atoms with Gasteiger partial charge < -0.3 is 8.83 Å². The van der Waals surface area contributed by atoms with Crippen molar-refractivity contribution < 1.29 is 8.83 Å². The number of furan rings is 2. The molecule has 0 aliphatic rings. The molecule has 2 heterocycles. The minimum absolute atomic E-state index is 0.0435. The molecule has 4 aromatic rings. The Labute approximate surface area is 141 Å². The Morgan fingerprint density at radius 1 is 0.708 bits per heavy atom. The van der Waals surface area contributed by atoms with Crippen molar-refractivity contribution in [1.29, 1.82) is 0 Å². The Morgan fingerprint density at radius 2 is 1.50 bits per heavy atom. The van der Waals surface area contributed by atoms with Crippen LogP contribution in [0.25, 0.3) is 11.3 Å². The molecule has 2 aromatic carbocycles. The van der Waals surface area contributed by atoms with Gasteiger partial charge >= 0.3 is 0 Å². The molecule has 0 spiro atoms. The lowest BCUT2D eigenvalue weighted by Crippen LogP contribution is -2.00.